The van der Waals surface area contributed by atoms with Gasteiger partial charge in [-0.3, -0.25) is 4.79 Å². The molecule has 0 aliphatic heterocycles. The van der Waals surface area contributed by atoms with E-state index in [4.69, 9.17) is 14.6 Å². The van der Waals surface area contributed by atoms with E-state index >= 15 is 0 Å². The number of carbonyl (C=O) groups is 2. The second-order valence-electron chi connectivity index (χ2n) is 5.39. The van der Waals surface area contributed by atoms with Crippen molar-refractivity contribution < 1.29 is 24.2 Å². The lowest BCUT2D eigenvalue weighted by atomic mass is 10.1. The molecule has 7 heteroatoms. The summed E-state index contributed by atoms with van der Waals surface area (Å²) in [6.07, 6.45) is 0.689. The van der Waals surface area contributed by atoms with E-state index in [9.17, 15) is 9.59 Å². The Labute approximate surface area is 156 Å². The Morgan fingerprint density at radius 1 is 1.12 bits per heavy atom. The number of rotatable bonds is 10. The van der Waals surface area contributed by atoms with Crippen LogP contribution in [0.5, 0.6) is 11.5 Å². The summed E-state index contributed by atoms with van der Waals surface area (Å²) in [4.78, 5) is 23.4. The number of carbonyl (C=O) groups excluding carboxylic acids is 1. The van der Waals surface area contributed by atoms with Crippen LogP contribution in [0.2, 0.25) is 0 Å². The molecule has 26 heavy (non-hydrogen) atoms. The van der Waals surface area contributed by atoms with Crippen LogP contribution in [0.1, 0.15) is 5.56 Å². The number of hydrogen-bond donors (Lipinski definition) is 2. The molecule has 0 saturated carbocycles. The fourth-order valence-electron chi connectivity index (χ4n) is 2.13. The lowest BCUT2D eigenvalue weighted by molar-refractivity contribution is -0.139. The second-order valence-corrected chi connectivity index (χ2v) is 6.44. The van der Waals surface area contributed by atoms with Crippen molar-refractivity contribution in [1.29, 1.82) is 0 Å². The summed E-state index contributed by atoms with van der Waals surface area (Å²) in [7, 11) is 1.61. The number of hydrogen-bond acceptors (Lipinski definition) is 5. The molecule has 0 spiro atoms. The molecule has 2 aromatic carbocycles. The maximum atomic E-state index is 11.9. The standard InChI is InChI=1S/C19H21NO5S/c1-24-16-3-2-4-17(11-16)26-13-18(21)20-10-9-14-5-7-15(8-6-14)25-12-19(22)23/h2-8,11H,9-10,12-13H2,1H3,(H,20,21)(H,22,23). The van der Waals surface area contributed by atoms with Gasteiger partial charge in [-0.1, -0.05) is 18.2 Å². The van der Waals surface area contributed by atoms with Gasteiger partial charge in [-0.25, -0.2) is 4.79 Å². The highest BCUT2D eigenvalue weighted by Gasteiger charge is 2.04. The number of methoxy groups -OCH3 is 1. The highest BCUT2D eigenvalue weighted by molar-refractivity contribution is 8.00. The molecule has 138 valence electrons. The van der Waals surface area contributed by atoms with Gasteiger partial charge < -0.3 is 19.9 Å². The summed E-state index contributed by atoms with van der Waals surface area (Å²) >= 11 is 1.46. The van der Waals surface area contributed by atoms with Crippen LogP contribution in [-0.4, -0.2) is 43.0 Å². The molecule has 0 radical (unpaired) electrons. The maximum absolute atomic E-state index is 11.9. The number of carboxylic acid groups (broad SMARTS) is 1. The predicted octanol–water partition coefficient (Wildman–Crippen LogP) is 2.61. The van der Waals surface area contributed by atoms with E-state index < -0.39 is 5.97 Å². The molecular weight excluding hydrogens is 354 g/mol. The van der Waals surface area contributed by atoms with Crippen LogP contribution in [-0.2, 0) is 16.0 Å². The van der Waals surface area contributed by atoms with E-state index in [2.05, 4.69) is 5.32 Å². The van der Waals surface area contributed by atoms with Crippen LogP contribution >= 0.6 is 11.8 Å². The summed E-state index contributed by atoms with van der Waals surface area (Å²) in [5.41, 5.74) is 1.04. The molecule has 0 aliphatic rings. The van der Waals surface area contributed by atoms with Crippen LogP contribution < -0.4 is 14.8 Å². The molecule has 1 amide bonds. The van der Waals surface area contributed by atoms with Gasteiger partial charge in [0.1, 0.15) is 11.5 Å². The zero-order chi connectivity index (χ0) is 18.8. The van der Waals surface area contributed by atoms with Crippen LogP contribution in [0.25, 0.3) is 0 Å². The number of aliphatic carboxylic acids is 1. The van der Waals surface area contributed by atoms with Gasteiger partial charge in [-0.15, -0.1) is 11.8 Å². The molecule has 0 saturated heterocycles. The highest BCUT2D eigenvalue weighted by Crippen LogP contribution is 2.22. The largest absolute Gasteiger partial charge is 0.497 e. The Kier molecular flexibility index (Phi) is 7.82. The zero-order valence-corrected chi connectivity index (χ0v) is 15.3. The van der Waals surface area contributed by atoms with E-state index in [1.807, 2.05) is 36.4 Å². The number of benzene rings is 2. The molecule has 2 aromatic rings. The third kappa shape index (κ3) is 7.06. The Morgan fingerprint density at radius 2 is 1.88 bits per heavy atom. The summed E-state index contributed by atoms with van der Waals surface area (Å²) in [6.45, 7) is 0.174. The van der Waals surface area contributed by atoms with Gasteiger partial charge in [0.25, 0.3) is 0 Å². The number of thioether (sulfide) groups is 1. The average molecular weight is 375 g/mol. The summed E-state index contributed by atoms with van der Waals surface area (Å²) in [6, 6.07) is 14.7. The van der Waals surface area contributed by atoms with E-state index in [-0.39, 0.29) is 12.5 Å². The van der Waals surface area contributed by atoms with Gasteiger partial charge in [-0.05, 0) is 42.3 Å². The number of carboxylic acids is 1. The molecule has 0 fully saturated rings. The van der Waals surface area contributed by atoms with Gasteiger partial charge in [0, 0.05) is 11.4 Å². The van der Waals surface area contributed by atoms with Gasteiger partial charge in [0.15, 0.2) is 6.61 Å². The normalized spacial score (nSPS) is 10.2. The number of amides is 1. The SMILES string of the molecule is COc1cccc(SCC(=O)NCCc2ccc(OCC(=O)O)cc2)c1. The summed E-state index contributed by atoms with van der Waals surface area (Å²) < 4.78 is 10.2. The van der Waals surface area contributed by atoms with Crippen molar-refractivity contribution in [3.05, 3.63) is 54.1 Å². The van der Waals surface area contributed by atoms with E-state index in [1.54, 1.807) is 19.2 Å². The number of nitrogens with one attached hydrogen (secondary N) is 1. The Morgan fingerprint density at radius 3 is 2.58 bits per heavy atom. The quantitative estimate of drug-likeness (QED) is 0.621. The van der Waals surface area contributed by atoms with E-state index in [0.29, 0.717) is 24.5 Å². The molecule has 2 rings (SSSR count). The Hall–Kier alpha value is -2.67. The molecule has 0 aliphatic carbocycles. The van der Waals surface area contributed by atoms with Gasteiger partial charge >= 0.3 is 5.97 Å². The Balaban J connectivity index is 1.68. The topological polar surface area (TPSA) is 84.9 Å². The molecular formula is C19H21NO5S. The zero-order valence-electron chi connectivity index (χ0n) is 14.4. The summed E-state index contributed by atoms with van der Waals surface area (Å²) in [5, 5.41) is 11.5. The molecule has 0 bridgehead atoms. The van der Waals surface area contributed by atoms with Gasteiger partial charge in [-0.2, -0.15) is 0 Å². The van der Waals surface area contributed by atoms with Crippen molar-refractivity contribution in [2.75, 3.05) is 26.0 Å². The lowest BCUT2D eigenvalue weighted by Gasteiger charge is -2.07. The van der Waals surface area contributed by atoms with E-state index in [1.165, 1.54) is 11.8 Å². The first-order valence-corrected chi connectivity index (χ1v) is 9.02. The molecule has 0 aromatic heterocycles. The first-order chi connectivity index (χ1) is 12.6. The van der Waals surface area contributed by atoms with E-state index in [0.717, 1.165) is 16.2 Å². The first kappa shape index (κ1) is 19.7. The van der Waals surface area contributed by atoms with Crippen LogP contribution in [0.15, 0.2) is 53.4 Å². The molecule has 0 heterocycles. The minimum absolute atomic E-state index is 0.0285. The van der Waals surface area contributed by atoms with Crippen molar-refractivity contribution in [3.8, 4) is 11.5 Å². The fourth-order valence-corrected chi connectivity index (χ4v) is 2.91. The molecule has 0 atom stereocenters. The monoisotopic (exact) mass is 375 g/mol. The minimum atomic E-state index is -1.01. The molecule has 6 nitrogen and oxygen atoms in total. The maximum Gasteiger partial charge on any atom is 0.341 e. The van der Waals surface area contributed by atoms with Crippen LogP contribution in [0, 0.1) is 0 Å². The molecule has 2 N–H and O–H groups in total. The highest BCUT2D eigenvalue weighted by atomic mass is 32.2. The van der Waals surface area contributed by atoms with Crippen molar-refractivity contribution in [2.45, 2.75) is 11.3 Å². The van der Waals surface area contributed by atoms with Crippen LogP contribution in [0.4, 0.5) is 0 Å². The van der Waals surface area contributed by atoms with Crippen molar-refractivity contribution in [2.24, 2.45) is 0 Å². The molecule has 0 unspecified atom stereocenters. The first-order valence-electron chi connectivity index (χ1n) is 8.04. The smallest absolute Gasteiger partial charge is 0.341 e. The van der Waals surface area contributed by atoms with Crippen LogP contribution in [0.3, 0.4) is 0 Å². The van der Waals surface area contributed by atoms with Gasteiger partial charge in [0.05, 0.1) is 12.9 Å². The lowest BCUT2D eigenvalue weighted by Crippen LogP contribution is -2.27. The fraction of sp³-hybridized carbons (Fsp3) is 0.263. The van der Waals surface area contributed by atoms with Gasteiger partial charge in [0.2, 0.25) is 5.91 Å². The predicted molar refractivity (Wildman–Crippen MR) is 100 cm³/mol. The third-order valence-electron chi connectivity index (χ3n) is 3.43. The third-order valence-corrected chi connectivity index (χ3v) is 4.43. The Bertz CT molecular complexity index is 733. The minimum Gasteiger partial charge on any atom is -0.497 e. The summed E-state index contributed by atoms with van der Waals surface area (Å²) in [5.74, 6) is 0.582. The van der Waals surface area contributed by atoms with Crippen molar-refractivity contribution >= 4 is 23.6 Å². The second kappa shape index (κ2) is 10.4. The number of ether oxygens (including phenoxy) is 2. The van der Waals surface area contributed by atoms with Crippen molar-refractivity contribution in [1.82, 2.24) is 5.32 Å². The van der Waals surface area contributed by atoms with Crippen molar-refractivity contribution in [3.63, 3.8) is 0 Å². The average Bonchev–Trinajstić information content (AvgIpc) is 2.66.